The Kier molecular flexibility index (Phi) is 2.97. The van der Waals surface area contributed by atoms with E-state index < -0.39 is 0 Å². The van der Waals surface area contributed by atoms with Crippen LogP contribution in [0.3, 0.4) is 0 Å². The highest BCUT2D eigenvalue weighted by molar-refractivity contribution is 6.35. The number of morpholine rings is 1. The predicted octanol–water partition coefficient (Wildman–Crippen LogP) is 2.29. The van der Waals surface area contributed by atoms with Crippen LogP contribution in [-0.2, 0) is 4.74 Å². The van der Waals surface area contributed by atoms with E-state index in [0.717, 1.165) is 10.9 Å². The molecule has 1 aromatic carbocycles. The van der Waals surface area contributed by atoms with Gasteiger partial charge in [-0.15, -0.1) is 0 Å². The third kappa shape index (κ3) is 1.98. The number of H-pyrrole nitrogens is 1. The summed E-state index contributed by atoms with van der Waals surface area (Å²) in [4.78, 5) is 17.2. The number of nitrogens with zero attached hydrogens (tertiary/aromatic N) is 1. The fourth-order valence-corrected chi connectivity index (χ4v) is 2.40. The van der Waals surface area contributed by atoms with Gasteiger partial charge in [-0.3, -0.25) is 4.79 Å². The normalized spacial score (nSPS) is 16.2. The topological polar surface area (TPSA) is 45.3 Å². The number of hydrogen-bond acceptors (Lipinski definition) is 2. The predicted molar refractivity (Wildman–Crippen MR) is 70.0 cm³/mol. The van der Waals surface area contributed by atoms with Crippen molar-refractivity contribution in [2.75, 3.05) is 26.3 Å². The van der Waals surface area contributed by atoms with E-state index in [1.807, 2.05) is 24.3 Å². The summed E-state index contributed by atoms with van der Waals surface area (Å²) in [5, 5.41) is 1.54. The monoisotopic (exact) mass is 264 g/mol. The SMILES string of the molecule is O=C(c1cc2c(Cl)cccc2[nH]1)N1CCOCC1. The molecule has 4 nitrogen and oxygen atoms in total. The van der Waals surface area contributed by atoms with E-state index in [2.05, 4.69) is 4.98 Å². The zero-order valence-electron chi connectivity index (χ0n) is 9.78. The van der Waals surface area contributed by atoms with Crippen LogP contribution in [0.25, 0.3) is 10.9 Å². The molecule has 0 bridgehead atoms. The summed E-state index contributed by atoms with van der Waals surface area (Å²) in [5.74, 6) is 0.00515. The second-order valence-electron chi connectivity index (χ2n) is 4.29. The molecule has 1 aliphatic rings. The van der Waals surface area contributed by atoms with Crippen LogP contribution in [0.4, 0.5) is 0 Å². The van der Waals surface area contributed by atoms with Crippen molar-refractivity contribution in [3.63, 3.8) is 0 Å². The van der Waals surface area contributed by atoms with Gasteiger partial charge in [-0.25, -0.2) is 0 Å². The minimum atomic E-state index is 0.00515. The first kappa shape index (κ1) is 11.6. The standard InChI is InChI=1S/C13H13ClN2O2/c14-10-2-1-3-11-9(10)8-12(15-11)13(17)16-4-6-18-7-5-16/h1-3,8,15H,4-7H2. The minimum Gasteiger partial charge on any atom is -0.378 e. The van der Waals surface area contributed by atoms with Crippen LogP contribution >= 0.6 is 11.6 Å². The van der Waals surface area contributed by atoms with Gasteiger partial charge in [-0.1, -0.05) is 17.7 Å². The Bertz CT molecular complexity index is 588. The molecule has 1 fully saturated rings. The molecule has 5 heteroatoms. The first-order valence-electron chi connectivity index (χ1n) is 5.90. The first-order valence-corrected chi connectivity index (χ1v) is 6.28. The van der Waals surface area contributed by atoms with Gasteiger partial charge in [0, 0.05) is 29.0 Å². The van der Waals surface area contributed by atoms with Crippen molar-refractivity contribution in [3.05, 3.63) is 35.0 Å². The van der Waals surface area contributed by atoms with Crippen LogP contribution in [-0.4, -0.2) is 42.1 Å². The third-order valence-corrected chi connectivity index (χ3v) is 3.47. The second-order valence-corrected chi connectivity index (χ2v) is 4.70. The lowest BCUT2D eigenvalue weighted by Gasteiger charge is -2.26. The summed E-state index contributed by atoms with van der Waals surface area (Å²) >= 11 is 6.10. The van der Waals surface area contributed by atoms with E-state index in [1.54, 1.807) is 4.90 Å². The molecule has 0 saturated carbocycles. The zero-order valence-corrected chi connectivity index (χ0v) is 10.5. The zero-order chi connectivity index (χ0) is 12.5. The van der Waals surface area contributed by atoms with Crippen molar-refractivity contribution in [3.8, 4) is 0 Å². The van der Waals surface area contributed by atoms with E-state index >= 15 is 0 Å². The van der Waals surface area contributed by atoms with Gasteiger partial charge in [0.25, 0.3) is 5.91 Å². The number of rotatable bonds is 1. The molecule has 0 unspecified atom stereocenters. The molecular formula is C13H13ClN2O2. The van der Waals surface area contributed by atoms with E-state index in [-0.39, 0.29) is 5.91 Å². The van der Waals surface area contributed by atoms with Gasteiger partial charge in [-0.2, -0.15) is 0 Å². The van der Waals surface area contributed by atoms with Crippen molar-refractivity contribution in [1.29, 1.82) is 0 Å². The Morgan fingerprint density at radius 2 is 2.11 bits per heavy atom. The molecule has 18 heavy (non-hydrogen) atoms. The maximum Gasteiger partial charge on any atom is 0.270 e. The molecule has 0 aliphatic carbocycles. The van der Waals surface area contributed by atoms with E-state index in [9.17, 15) is 4.79 Å². The number of benzene rings is 1. The van der Waals surface area contributed by atoms with Gasteiger partial charge in [-0.05, 0) is 18.2 Å². The number of aromatic nitrogens is 1. The van der Waals surface area contributed by atoms with Crippen LogP contribution in [0.15, 0.2) is 24.3 Å². The van der Waals surface area contributed by atoms with Gasteiger partial charge >= 0.3 is 0 Å². The van der Waals surface area contributed by atoms with Gasteiger partial charge < -0.3 is 14.6 Å². The van der Waals surface area contributed by atoms with E-state index in [0.29, 0.717) is 37.0 Å². The van der Waals surface area contributed by atoms with E-state index in [4.69, 9.17) is 16.3 Å². The number of ether oxygens (including phenoxy) is 1. The molecule has 2 heterocycles. The minimum absolute atomic E-state index is 0.00515. The third-order valence-electron chi connectivity index (χ3n) is 3.14. The number of fused-ring (bicyclic) bond motifs is 1. The molecule has 1 aliphatic heterocycles. The van der Waals surface area contributed by atoms with Crippen molar-refractivity contribution < 1.29 is 9.53 Å². The highest BCUT2D eigenvalue weighted by atomic mass is 35.5. The summed E-state index contributed by atoms with van der Waals surface area (Å²) < 4.78 is 5.24. The van der Waals surface area contributed by atoms with Crippen molar-refractivity contribution in [2.24, 2.45) is 0 Å². The van der Waals surface area contributed by atoms with Crippen LogP contribution in [0.2, 0.25) is 5.02 Å². The second kappa shape index (κ2) is 4.63. The lowest BCUT2D eigenvalue weighted by molar-refractivity contribution is 0.0299. The van der Waals surface area contributed by atoms with Crippen molar-refractivity contribution in [2.45, 2.75) is 0 Å². The van der Waals surface area contributed by atoms with Crippen molar-refractivity contribution >= 4 is 28.4 Å². The van der Waals surface area contributed by atoms with Crippen LogP contribution in [0, 0.1) is 0 Å². The molecule has 0 radical (unpaired) electrons. The van der Waals surface area contributed by atoms with E-state index in [1.165, 1.54) is 0 Å². The molecule has 1 aromatic heterocycles. The highest BCUT2D eigenvalue weighted by Crippen LogP contribution is 2.24. The molecule has 94 valence electrons. The molecule has 0 spiro atoms. The molecule has 1 saturated heterocycles. The van der Waals surface area contributed by atoms with Crippen LogP contribution in [0.1, 0.15) is 10.5 Å². The Morgan fingerprint density at radius 3 is 2.83 bits per heavy atom. The summed E-state index contributed by atoms with van der Waals surface area (Å²) in [6.45, 7) is 2.49. The summed E-state index contributed by atoms with van der Waals surface area (Å²) in [5.41, 5.74) is 1.47. The number of amides is 1. The Balaban J connectivity index is 1.94. The lowest BCUT2D eigenvalue weighted by Crippen LogP contribution is -2.40. The number of hydrogen-bond donors (Lipinski definition) is 1. The number of carbonyl (C=O) groups excluding carboxylic acids is 1. The number of carbonyl (C=O) groups is 1. The summed E-state index contributed by atoms with van der Waals surface area (Å²) in [6, 6.07) is 7.41. The fourth-order valence-electron chi connectivity index (χ4n) is 2.17. The molecule has 1 N–H and O–H groups in total. The van der Waals surface area contributed by atoms with Gasteiger partial charge in [0.05, 0.1) is 13.2 Å². The maximum atomic E-state index is 12.3. The lowest BCUT2D eigenvalue weighted by atomic mass is 10.2. The molecule has 1 amide bonds. The smallest absolute Gasteiger partial charge is 0.270 e. The largest absolute Gasteiger partial charge is 0.378 e. The molecular weight excluding hydrogens is 252 g/mol. The van der Waals surface area contributed by atoms with Gasteiger partial charge in [0.15, 0.2) is 0 Å². The Morgan fingerprint density at radius 1 is 1.33 bits per heavy atom. The summed E-state index contributed by atoms with van der Waals surface area (Å²) in [6.07, 6.45) is 0. The highest BCUT2D eigenvalue weighted by Gasteiger charge is 2.20. The fraction of sp³-hybridized carbons (Fsp3) is 0.308. The number of nitrogens with one attached hydrogen (secondary N) is 1. The molecule has 3 rings (SSSR count). The Hall–Kier alpha value is -1.52. The number of aromatic amines is 1. The Labute approximate surface area is 109 Å². The van der Waals surface area contributed by atoms with Crippen LogP contribution in [0.5, 0.6) is 0 Å². The van der Waals surface area contributed by atoms with Crippen LogP contribution < -0.4 is 0 Å². The maximum absolute atomic E-state index is 12.3. The number of halogens is 1. The van der Waals surface area contributed by atoms with Crippen molar-refractivity contribution in [1.82, 2.24) is 9.88 Å². The molecule has 0 atom stereocenters. The average Bonchev–Trinajstić information content (AvgIpc) is 2.84. The first-order chi connectivity index (χ1) is 8.75. The molecule has 2 aromatic rings. The quantitative estimate of drug-likeness (QED) is 0.859. The summed E-state index contributed by atoms with van der Waals surface area (Å²) in [7, 11) is 0. The average molecular weight is 265 g/mol. The van der Waals surface area contributed by atoms with Gasteiger partial charge in [0.2, 0.25) is 0 Å². The van der Waals surface area contributed by atoms with Gasteiger partial charge in [0.1, 0.15) is 5.69 Å².